The van der Waals surface area contributed by atoms with Crippen LogP contribution in [0.5, 0.6) is 0 Å². The van der Waals surface area contributed by atoms with Gasteiger partial charge in [0.15, 0.2) is 0 Å². The molecule has 48 valence electrons. The van der Waals surface area contributed by atoms with E-state index in [4.69, 9.17) is 11.6 Å². The van der Waals surface area contributed by atoms with Crippen molar-refractivity contribution in [3.05, 3.63) is 15.0 Å². The van der Waals surface area contributed by atoms with Crippen molar-refractivity contribution < 1.29 is 4.79 Å². The Bertz CT molecular complexity index is 236. The summed E-state index contributed by atoms with van der Waals surface area (Å²) in [6.07, 6.45) is 0. The van der Waals surface area contributed by atoms with Gasteiger partial charge in [-0.3, -0.25) is 4.79 Å². The van der Waals surface area contributed by atoms with Gasteiger partial charge in [-0.2, -0.15) is 0 Å². The number of carbonyl (C=O) groups is 1. The van der Waals surface area contributed by atoms with E-state index in [1.165, 1.54) is 11.3 Å². The van der Waals surface area contributed by atoms with Gasteiger partial charge in [0.1, 0.15) is 9.48 Å². The molecular weight excluding hydrogens is 225 g/mol. The molecule has 0 saturated carbocycles. The molecule has 2 nitrogen and oxygen atoms in total. The Balaban J connectivity index is 3.08. The lowest BCUT2D eigenvalue weighted by atomic mass is 10.6. The van der Waals surface area contributed by atoms with E-state index in [2.05, 4.69) is 20.9 Å². The molecule has 0 aliphatic rings. The number of rotatable bonds is 1. The molecule has 0 spiro atoms. The van der Waals surface area contributed by atoms with Gasteiger partial charge in [0.25, 0.3) is 5.24 Å². The van der Waals surface area contributed by atoms with Crippen LogP contribution in [0.3, 0.4) is 0 Å². The molecule has 0 saturated heterocycles. The van der Waals surface area contributed by atoms with Crippen molar-refractivity contribution in [2.75, 3.05) is 0 Å². The molecule has 1 aromatic rings. The van der Waals surface area contributed by atoms with Gasteiger partial charge in [0.05, 0.1) is 5.51 Å². The van der Waals surface area contributed by atoms with Gasteiger partial charge in [-0.25, -0.2) is 4.98 Å². The Morgan fingerprint density at radius 2 is 2.56 bits per heavy atom. The van der Waals surface area contributed by atoms with Crippen LogP contribution in [0.1, 0.15) is 10.5 Å². The predicted molar refractivity (Wildman–Crippen MR) is 40.0 cm³/mol. The molecule has 1 heterocycles. The zero-order chi connectivity index (χ0) is 6.85. The fourth-order valence-corrected chi connectivity index (χ4v) is 1.71. The van der Waals surface area contributed by atoms with Crippen LogP contribution in [0.2, 0.25) is 0 Å². The quantitative estimate of drug-likeness (QED) is 0.688. The van der Waals surface area contributed by atoms with Crippen LogP contribution in [0, 0.1) is 0 Å². The predicted octanol–water partition coefficient (Wildman–Crippen LogP) is 2.28. The number of carbonyl (C=O) groups excluding carboxylic acids is 1. The van der Waals surface area contributed by atoms with E-state index in [1.807, 2.05) is 0 Å². The fraction of sp³-hybridized carbons (Fsp3) is 0. The smallest absolute Gasteiger partial charge is 0.272 e. The zero-order valence-corrected chi connectivity index (χ0v) is 7.26. The molecule has 0 aliphatic heterocycles. The first-order valence-corrected chi connectivity index (χ1v) is 4.05. The van der Waals surface area contributed by atoms with Gasteiger partial charge in [-0.1, -0.05) is 0 Å². The lowest BCUT2D eigenvalue weighted by Crippen LogP contribution is -1.87. The standard InChI is InChI=1S/C4HBrClNOS/c5-3-2(4(6)8)7-1-9-3/h1H. The number of thiazole rings is 1. The SMILES string of the molecule is O=C(Cl)c1ncsc1Br. The number of aromatic nitrogens is 1. The van der Waals surface area contributed by atoms with Crippen molar-refractivity contribution >= 4 is 44.1 Å². The summed E-state index contributed by atoms with van der Waals surface area (Å²) in [7, 11) is 0. The largest absolute Gasteiger partial charge is 0.274 e. The minimum Gasteiger partial charge on any atom is -0.274 e. The van der Waals surface area contributed by atoms with Crippen LogP contribution in [-0.2, 0) is 0 Å². The number of hydrogen-bond acceptors (Lipinski definition) is 3. The molecule has 0 bridgehead atoms. The van der Waals surface area contributed by atoms with E-state index in [1.54, 1.807) is 5.51 Å². The lowest BCUT2D eigenvalue weighted by molar-refractivity contribution is 0.107. The molecule has 0 aromatic carbocycles. The molecule has 0 aliphatic carbocycles. The molecule has 5 heteroatoms. The average Bonchev–Trinajstić information content (AvgIpc) is 2.13. The Labute approximate surface area is 69.0 Å². The maximum atomic E-state index is 10.4. The Morgan fingerprint density at radius 3 is 2.78 bits per heavy atom. The number of halogens is 2. The second kappa shape index (κ2) is 2.77. The van der Waals surface area contributed by atoms with Crippen molar-refractivity contribution in [1.82, 2.24) is 4.98 Å². The number of nitrogens with zero attached hydrogens (tertiary/aromatic N) is 1. The molecule has 0 fully saturated rings. The molecule has 0 N–H and O–H groups in total. The van der Waals surface area contributed by atoms with Crippen molar-refractivity contribution in [3.8, 4) is 0 Å². The van der Waals surface area contributed by atoms with Crippen LogP contribution >= 0.6 is 38.9 Å². The van der Waals surface area contributed by atoms with Crippen molar-refractivity contribution in [3.63, 3.8) is 0 Å². The van der Waals surface area contributed by atoms with Crippen LogP contribution in [0.25, 0.3) is 0 Å². The summed E-state index contributed by atoms with van der Waals surface area (Å²) in [6.45, 7) is 0. The molecule has 1 aromatic heterocycles. The van der Waals surface area contributed by atoms with Crippen LogP contribution in [0.15, 0.2) is 9.30 Å². The zero-order valence-electron chi connectivity index (χ0n) is 4.10. The maximum Gasteiger partial charge on any atom is 0.272 e. The molecule has 0 unspecified atom stereocenters. The summed E-state index contributed by atoms with van der Waals surface area (Å²) in [4.78, 5) is 14.1. The van der Waals surface area contributed by atoms with Crippen LogP contribution in [0.4, 0.5) is 0 Å². The van der Waals surface area contributed by atoms with Crippen molar-refractivity contribution in [2.45, 2.75) is 0 Å². The monoisotopic (exact) mass is 225 g/mol. The topological polar surface area (TPSA) is 30.0 Å². The third kappa shape index (κ3) is 1.50. The summed E-state index contributed by atoms with van der Waals surface area (Å²) >= 11 is 9.58. The highest BCUT2D eigenvalue weighted by Crippen LogP contribution is 2.21. The highest BCUT2D eigenvalue weighted by molar-refractivity contribution is 9.11. The third-order valence-corrected chi connectivity index (χ3v) is 2.44. The van der Waals surface area contributed by atoms with Gasteiger partial charge >= 0.3 is 0 Å². The first-order chi connectivity index (χ1) is 4.22. The summed E-state index contributed by atoms with van der Waals surface area (Å²) in [5.74, 6) is 0. The average molecular weight is 226 g/mol. The first kappa shape index (κ1) is 7.18. The van der Waals surface area contributed by atoms with Gasteiger partial charge in [0, 0.05) is 0 Å². The molecular formula is C4HBrClNOS. The number of hydrogen-bond donors (Lipinski definition) is 0. The Morgan fingerprint density at radius 1 is 1.89 bits per heavy atom. The lowest BCUT2D eigenvalue weighted by Gasteiger charge is -1.81. The van der Waals surface area contributed by atoms with Gasteiger partial charge < -0.3 is 0 Å². The minimum absolute atomic E-state index is 0.293. The molecule has 0 atom stereocenters. The summed E-state index contributed by atoms with van der Waals surface area (Å²) < 4.78 is 0.683. The van der Waals surface area contributed by atoms with E-state index in [9.17, 15) is 4.79 Å². The van der Waals surface area contributed by atoms with E-state index in [-0.39, 0.29) is 0 Å². The molecule has 0 amide bonds. The second-order valence-corrected chi connectivity index (χ2v) is 3.76. The second-order valence-electron chi connectivity index (χ2n) is 1.25. The fourth-order valence-electron chi connectivity index (χ4n) is 0.360. The highest BCUT2D eigenvalue weighted by atomic mass is 79.9. The summed E-state index contributed by atoms with van der Waals surface area (Å²) in [5.41, 5.74) is 1.85. The highest BCUT2D eigenvalue weighted by Gasteiger charge is 2.08. The Hall–Kier alpha value is 0.0700. The van der Waals surface area contributed by atoms with Crippen molar-refractivity contribution in [2.24, 2.45) is 0 Å². The molecule has 0 radical (unpaired) electrons. The summed E-state index contributed by atoms with van der Waals surface area (Å²) in [5, 5.41) is -0.525. The van der Waals surface area contributed by atoms with Gasteiger partial charge in [-0.05, 0) is 27.5 Å². The Kier molecular flexibility index (Phi) is 2.21. The normalized spacial score (nSPS) is 9.56. The summed E-state index contributed by atoms with van der Waals surface area (Å²) in [6, 6.07) is 0. The third-order valence-electron chi connectivity index (χ3n) is 0.710. The van der Waals surface area contributed by atoms with E-state index in [0.29, 0.717) is 9.48 Å². The van der Waals surface area contributed by atoms with Gasteiger partial charge in [-0.15, -0.1) is 11.3 Å². The van der Waals surface area contributed by atoms with Crippen LogP contribution in [-0.4, -0.2) is 10.2 Å². The van der Waals surface area contributed by atoms with Crippen molar-refractivity contribution in [1.29, 1.82) is 0 Å². The maximum absolute atomic E-state index is 10.4. The van der Waals surface area contributed by atoms with E-state index in [0.717, 1.165) is 0 Å². The minimum atomic E-state index is -0.525. The van der Waals surface area contributed by atoms with Crippen LogP contribution < -0.4 is 0 Å². The molecule has 1 rings (SSSR count). The molecule has 9 heavy (non-hydrogen) atoms. The van der Waals surface area contributed by atoms with E-state index >= 15 is 0 Å². The van der Waals surface area contributed by atoms with Gasteiger partial charge in [0.2, 0.25) is 0 Å². The first-order valence-electron chi connectivity index (χ1n) is 2.00. The van der Waals surface area contributed by atoms with E-state index < -0.39 is 5.24 Å².